The number of nitrogens with zero attached hydrogens (tertiary/aromatic N) is 1. The summed E-state index contributed by atoms with van der Waals surface area (Å²) < 4.78 is 41.6. The SMILES string of the molecule is COc1ccc(OC)c(S(=O)(=O)C[C@H]2CN(C(=O)OC(C)(C)C)C[C@@H]2N)c1. The topological polar surface area (TPSA) is 108 Å². The van der Waals surface area contributed by atoms with Crippen LogP contribution in [0.15, 0.2) is 23.1 Å². The zero-order valence-electron chi connectivity index (χ0n) is 16.4. The van der Waals surface area contributed by atoms with E-state index in [1.54, 1.807) is 32.9 Å². The van der Waals surface area contributed by atoms with E-state index in [0.29, 0.717) is 5.75 Å². The highest BCUT2D eigenvalue weighted by molar-refractivity contribution is 7.91. The Morgan fingerprint density at radius 2 is 1.89 bits per heavy atom. The van der Waals surface area contributed by atoms with Crippen molar-refractivity contribution >= 4 is 15.9 Å². The van der Waals surface area contributed by atoms with E-state index < -0.39 is 33.5 Å². The number of carbonyl (C=O) groups is 1. The molecular weight excluding hydrogens is 372 g/mol. The summed E-state index contributed by atoms with van der Waals surface area (Å²) in [6, 6.07) is 4.15. The van der Waals surface area contributed by atoms with Gasteiger partial charge in [0.15, 0.2) is 9.84 Å². The summed E-state index contributed by atoms with van der Waals surface area (Å²) in [7, 11) is -0.829. The second-order valence-corrected chi connectivity index (χ2v) is 9.61. The third kappa shape index (κ3) is 5.26. The number of ether oxygens (including phenoxy) is 3. The third-order valence-corrected chi connectivity index (χ3v) is 6.14. The molecule has 2 N–H and O–H groups in total. The summed E-state index contributed by atoms with van der Waals surface area (Å²) in [6.07, 6.45) is -0.489. The quantitative estimate of drug-likeness (QED) is 0.801. The van der Waals surface area contributed by atoms with E-state index in [2.05, 4.69) is 0 Å². The number of likely N-dealkylation sites (tertiary alicyclic amines) is 1. The van der Waals surface area contributed by atoms with Gasteiger partial charge in [0.25, 0.3) is 0 Å². The summed E-state index contributed by atoms with van der Waals surface area (Å²) in [5.41, 5.74) is 5.49. The van der Waals surface area contributed by atoms with Crippen LogP contribution in [0, 0.1) is 5.92 Å². The second-order valence-electron chi connectivity index (χ2n) is 7.61. The number of sulfone groups is 1. The fourth-order valence-corrected chi connectivity index (χ4v) is 4.80. The zero-order valence-corrected chi connectivity index (χ0v) is 17.2. The van der Waals surface area contributed by atoms with Crippen molar-refractivity contribution in [2.24, 2.45) is 11.7 Å². The number of hydrogen-bond donors (Lipinski definition) is 1. The third-order valence-electron chi connectivity index (χ3n) is 4.28. The predicted octanol–water partition coefficient (Wildman–Crippen LogP) is 1.67. The number of carbonyl (C=O) groups excluding carboxylic acids is 1. The van der Waals surface area contributed by atoms with Gasteiger partial charge in [-0.3, -0.25) is 0 Å². The lowest BCUT2D eigenvalue weighted by Crippen LogP contribution is -2.36. The second kappa shape index (κ2) is 7.93. The molecule has 152 valence electrons. The molecule has 1 aromatic rings. The Balaban J connectivity index is 2.17. The van der Waals surface area contributed by atoms with Gasteiger partial charge < -0.3 is 24.8 Å². The lowest BCUT2D eigenvalue weighted by Gasteiger charge is -2.24. The maximum absolute atomic E-state index is 13.0. The molecule has 0 spiro atoms. The van der Waals surface area contributed by atoms with Crippen LogP contribution in [0.4, 0.5) is 4.79 Å². The molecule has 1 saturated heterocycles. The van der Waals surface area contributed by atoms with Crippen molar-refractivity contribution in [2.45, 2.75) is 37.3 Å². The minimum atomic E-state index is -3.70. The molecule has 8 nitrogen and oxygen atoms in total. The summed E-state index contributed by atoms with van der Waals surface area (Å²) in [5, 5.41) is 0. The van der Waals surface area contributed by atoms with Gasteiger partial charge in [-0.15, -0.1) is 0 Å². The Kier molecular flexibility index (Phi) is 6.26. The lowest BCUT2D eigenvalue weighted by atomic mass is 10.1. The van der Waals surface area contributed by atoms with Gasteiger partial charge in [-0.05, 0) is 32.9 Å². The Morgan fingerprint density at radius 1 is 1.22 bits per heavy atom. The normalized spacial score (nSPS) is 20.4. The van der Waals surface area contributed by atoms with Crippen molar-refractivity contribution in [2.75, 3.05) is 33.1 Å². The molecule has 0 saturated carbocycles. The monoisotopic (exact) mass is 400 g/mol. The largest absolute Gasteiger partial charge is 0.497 e. The first-order valence-corrected chi connectivity index (χ1v) is 10.3. The van der Waals surface area contributed by atoms with Gasteiger partial charge >= 0.3 is 6.09 Å². The molecule has 1 aromatic carbocycles. The number of amides is 1. The van der Waals surface area contributed by atoms with Crippen LogP contribution in [-0.2, 0) is 14.6 Å². The highest BCUT2D eigenvalue weighted by atomic mass is 32.2. The molecule has 1 heterocycles. The molecule has 0 aromatic heterocycles. The molecule has 0 radical (unpaired) electrons. The summed E-state index contributed by atoms with van der Waals surface area (Å²) in [5.74, 6) is 0.0575. The van der Waals surface area contributed by atoms with E-state index in [4.69, 9.17) is 19.9 Å². The predicted molar refractivity (Wildman–Crippen MR) is 101 cm³/mol. The van der Waals surface area contributed by atoms with Gasteiger partial charge in [0.05, 0.1) is 20.0 Å². The van der Waals surface area contributed by atoms with Crippen LogP contribution in [0.1, 0.15) is 20.8 Å². The lowest BCUT2D eigenvalue weighted by molar-refractivity contribution is 0.0288. The fraction of sp³-hybridized carbons (Fsp3) is 0.611. The standard InChI is InChI=1S/C18H28N2O6S/c1-18(2,3)26-17(21)20-9-12(14(19)10-20)11-27(22,23)16-8-13(24-4)6-7-15(16)25-5/h6-8,12,14H,9-11,19H2,1-5H3/t12-,14+/m1/s1. The summed E-state index contributed by atoms with van der Waals surface area (Å²) >= 11 is 0. The van der Waals surface area contributed by atoms with E-state index in [1.807, 2.05) is 0 Å². The smallest absolute Gasteiger partial charge is 0.410 e. The van der Waals surface area contributed by atoms with E-state index in [0.717, 1.165) is 0 Å². The summed E-state index contributed by atoms with van der Waals surface area (Å²) in [6.45, 7) is 5.81. The number of nitrogens with two attached hydrogens (primary N) is 1. The Morgan fingerprint density at radius 3 is 2.44 bits per heavy atom. The average molecular weight is 400 g/mol. The van der Waals surface area contributed by atoms with E-state index in [1.165, 1.54) is 25.2 Å². The van der Waals surface area contributed by atoms with Gasteiger partial charge in [0.2, 0.25) is 0 Å². The molecule has 1 amide bonds. The first kappa shape index (κ1) is 21.3. The maximum Gasteiger partial charge on any atom is 0.410 e. The Labute approximate surface area is 160 Å². The minimum Gasteiger partial charge on any atom is -0.497 e. The van der Waals surface area contributed by atoms with Gasteiger partial charge in [-0.1, -0.05) is 0 Å². The van der Waals surface area contributed by atoms with Gasteiger partial charge in [-0.2, -0.15) is 0 Å². The molecule has 2 atom stereocenters. The maximum atomic E-state index is 13.0. The van der Waals surface area contributed by atoms with Crippen molar-refractivity contribution < 1.29 is 27.4 Å². The molecular formula is C18H28N2O6S. The Bertz CT molecular complexity index is 788. The van der Waals surface area contributed by atoms with Crippen LogP contribution < -0.4 is 15.2 Å². The number of benzene rings is 1. The average Bonchev–Trinajstić information content (AvgIpc) is 2.93. The molecule has 27 heavy (non-hydrogen) atoms. The zero-order chi connectivity index (χ0) is 20.4. The van der Waals surface area contributed by atoms with Crippen molar-refractivity contribution in [3.05, 3.63) is 18.2 Å². The van der Waals surface area contributed by atoms with Crippen LogP contribution in [0.3, 0.4) is 0 Å². The van der Waals surface area contributed by atoms with E-state index >= 15 is 0 Å². The van der Waals surface area contributed by atoms with Crippen molar-refractivity contribution in [1.29, 1.82) is 0 Å². The van der Waals surface area contributed by atoms with Crippen LogP contribution in [0.5, 0.6) is 11.5 Å². The molecule has 1 fully saturated rings. The Hall–Kier alpha value is -2.00. The molecule has 9 heteroatoms. The van der Waals surface area contributed by atoms with E-state index in [-0.39, 0.29) is 29.5 Å². The van der Waals surface area contributed by atoms with Crippen LogP contribution in [-0.4, -0.2) is 64.1 Å². The van der Waals surface area contributed by atoms with Crippen LogP contribution >= 0.6 is 0 Å². The highest BCUT2D eigenvalue weighted by Crippen LogP contribution is 2.31. The van der Waals surface area contributed by atoms with Crippen LogP contribution in [0.2, 0.25) is 0 Å². The molecule has 1 aliphatic rings. The number of rotatable bonds is 5. The van der Waals surface area contributed by atoms with Crippen molar-refractivity contribution in [1.82, 2.24) is 4.90 Å². The minimum absolute atomic E-state index is 0.0484. The molecule has 0 aliphatic carbocycles. The molecule has 0 unspecified atom stereocenters. The first-order valence-electron chi connectivity index (χ1n) is 8.65. The number of hydrogen-bond acceptors (Lipinski definition) is 7. The van der Waals surface area contributed by atoms with Crippen molar-refractivity contribution in [3.8, 4) is 11.5 Å². The number of methoxy groups -OCH3 is 2. The highest BCUT2D eigenvalue weighted by Gasteiger charge is 2.38. The van der Waals surface area contributed by atoms with Gasteiger partial charge in [-0.25, -0.2) is 13.2 Å². The summed E-state index contributed by atoms with van der Waals surface area (Å²) in [4.78, 5) is 13.7. The molecule has 2 rings (SSSR count). The fourth-order valence-electron chi connectivity index (χ4n) is 2.95. The van der Waals surface area contributed by atoms with Gasteiger partial charge in [0.1, 0.15) is 22.0 Å². The van der Waals surface area contributed by atoms with E-state index in [9.17, 15) is 13.2 Å². The molecule has 1 aliphatic heterocycles. The molecule has 0 bridgehead atoms. The van der Waals surface area contributed by atoms with Crippen LogP contribution in [0.25, 0.3) is 0 Å². The first-order chi connectivity index (χ1) is 12.5. The van der Waals surface area contributed by atoms with Crippen molar-refractivity contribution in [3.63, 3.8) is 0 Å². The van der Waals surface area contributed by atoms with Gasteiger partial charge in [0, 0.05) is 31.1 Å².